The van der Waals surface area contributed by atoms with E-state index >= 15 is 0 Å². The molecule has 3 nitrogen and oxygen atoms in total. The van der Waals surface area contributed by atoms with Crippen LogP contribution in [0.4, 0.5) is 0 Å². The Hall–Kier alpha value is -1.09. The number of aromatic nitrogens is 1. The number of fused-ring (bicyclic) bond motifs is 1. The molecule has 86 valence electrons. The zero-order valence-corrected chi connectivity index (χ0v) is 10.0. The highest BCUT2D eigenvalue weighted by molar-refractivity contribution is 6.63. The summed E-state index contributed by atoms with van der Waals surface area (Å²) in [7, 11) is 0. The molecule has 4 heteroatoms. The lowest BCUT2D eigenvalue weighted by atomic mass is 10.1. The standard InChI is InChI=1S/C12H14ClNO2/c1-2-14-10-5-3-4-8(10)6-9(12(14)16)7-11(13)15/h6H,2-5,7H2,1H3. The first-order valence-corrected chi connectivity index (χ1v) is 5.94. The Morgan fingerprint density at radius 2 is 2.25 bits per heavy atom. The second kappa shape index (κ2) is 4.42. The number of rotatable bonds is 3. The minimum absolute atomic E-state index is 0.0354. The predicted molar refractivity (Wildman–Crippen MR) is 63.0 cm³/mol. The van der Waals surface area contributed by atoms with Crippen LogP contribution in [0, 0.1) is 0 Å². The first kappa shape index (κ1) is 11.4. The van der Waals surface area contributed by atoms with E-state index in [1.165, 1.54) is 5.56 Å². The number of hydrogen-bond acceptors (Lipinski definition) is 2. The molecule has 1 aromatic rings. The van der Waals surface area contributed by atoms with Gasteiger partial charge in [-0.05, 0) is 49.4 Å². The number of nitrogens with zero attached hydrogens (tertiary/aromatic N) is 1. The van der Waals surface area contributed by atoms with Crippen molar-refractivity contribution in [3.63, 3.8) is 0 Å². The number of aryl methyl sites for hydroxylation is 1. The summed E-state index contributed by atoms with van der Waals surface area (Å²) < 4.78 is 1.78. The van der Waals surface area contributed by atoms with Crippen LogP contribution in [0.1, 0.15) is 30.2 Å². The van der Waals surface area contributed by atoms with Crippen LogP contribution < -0.4 is 5.56 Å². The molecule has 1 aliphatic carbocycles. The van der Waals surface area contributed by atoms with Gasteiger partial charge in [0.2, 0.25) is 5.24 Å². The first-order chi connectivity index (χ1) is 7.63. The Morgan fingerprint density at radius 3 is 2.88 bits per heavy atom. The van der Waals surface area contributed by atoms with Gasteiger partial charge in [-0.2, -0.15) is 0 Å². The van der Waals surface area contributed by atoms with Gasteiger partial charge in [0, 0.05) is 17.8 Å². The minimum Gasteiger partial charge on any atom is -0.312 e. The predicted octanol–water partition coefficient (Wildman–Crippen LogP) is 1.66. The summed E-state index contributed by atoms with van der Waals surface area (Å²) in [6.07, 6.45) is 3.09. The van der Waals surface area contributed by atoms with Gasteiger partial charge in [0.05, 0.1) is 6.42 Å². The van der Waals surface area contributed by atoms with Crippen molar-refractivity contribution in [1.82, 2.24) is 4.57 Å². The Bertz CT molecular complexity index is 491. The van der Waals surface area contributed by atoms with E-state index in [0.717, 1.165) is 25.0 Å². The van der Waals surface area contributed by atoms with Gasteiger partial charge in [0.15, 0.2) is 0 Å². The SMILES string of the molecule is CCn1c2c(cc(CC(=O)Cl)c1=O)CCC2. The number of halogens is 1. The minimum atomic E-state index is -0.474. The summed E-state index contributed by atoms with van der Waals surface area (Å²) in [4.78, 5) is 22.9. The van der Waals surface area contributed by atoms with E-state index in [9.17, 15) is 9.59 Å². The molecule has 0 saturated heterocycles. The molecule has 0 saturated carbocycles. The molecule has 16 heavy (non-hydrogen) atoms. The van der Waals surface area contributed by atoms with Gasteiger partial charge in [-0.15, -0.1) is 0 Å². The number of pyridine rings is 1. The molecule has 2 rings (SSSR count). The fraction of sp³-hybridized carbons (Fsp3) is 0.500. The summed E-state index contributed by atoms with van der Waals surface area (Å²) >= 11 is 5.34. The average Bonchev–Trinajstić information content (AvgIpc) is 2.66. The largest absolute Gasteiger partial charge is 0.312 e. The highest BCUT2D eigenvalue weighted by Crippen LogP contribution is 2.21. The van der Waals surface area contributed by atoms with E-state index in [2.05, 4.69) is 0 Å². The van der Waals surface area contributed by atoms with Crippen LogP contribution in [-0.4, -0.2) is 9.81 Å². The molecule has 0 atom stereocenters. The van der Waals surface area contributed by atoms with Gasteiger partial charge >= 0.3 is 0 Å². The summed E-state index contributed by atoms with van der Waals surface area (Å²) in [5.41, 5.74) is 2.81. The first-order valence-electron chi connectivity index (χ1n) is 5.56. The Labute approximate surface area is 99.0 Å². The maximum atomic E-state index is 12.0. The number of carbonyl (C=O) groups excluding carboxylic acids is 1. The van der Waals surface area contributed by atoms with E-state index in [0.29, 0.717) is 12.1 Å². The molecule has 0 N–H and O–H groups in total. The van der Waals surface area contributed by atoms with Crippen LogP contribution in [0.5, 0.6) is 0 Å². The lowest BCUT2D eigenvalue weighted by Gasteiger charge is -2.11. The van der Waals surface area contributed by atoms with Crippen LogP contribution in [0.3, 0.4) is 0 Å². The van der Waals surface area contributed by atoms with Crippen LogP contribution in [-0.2, 0) is 30.6 Å². The highest BCUT2D eigenvalue weighted by atomic mass is 35.5. The van der Waals surface area contributed by atoms with E-state index in [-0.39, 0.29) is 12.0 Å². The average molecular weight is 240 g/mol. The van der Waals surface area contributed by atoms with Gasteiger partial charge in [-0.25, -0.2) is 0 Å². The van der Waals surface area contributed by atoms with Gasteiger partial charge in [0.1, 0.15) is 0 Å². The fourth-order valence-electron chi connectivity index (χ4n) is 2.39. The van der Waals surface area contributed by atoms with Gasteiger partial charge < -0.3 is 4.57 Å². The van der Waals surface area contributed by atoms with Crippen LogP contribution >= 0.6 is 11.6 Å². The van der Waals surface area contributed by atoms with Crippen molar-refractivity contribution in [2.45, 2.75) is 39.2 Å². The van der Waals surface area contributed by atoms with Crippen molar-refractivity contribution >= 4 is 16.8 Å². The maximum Gasteiger partial charge on any atom is 0.254 e. The normalized spacial score (nSPS) is 13.9. The third kappa shape index (κ3) is 1.92. The molecule has 0 fully saturated rings. The van der Waals surface area contributed by atoms with Crippen LogP contribution in [0.15, 0.2) is 10.9 Å². The molecule has 0 aromatic carbocycles. The molecule has 1 aliphatic rings. The lowest BCUT2D eigenvalue weighted by molar-refractivity contribution is -0.111. The van der Waals surface area contributed by atoms with Gasteiger partial charge in [-0.3, -0.25) is 9.59 Å². The van der Waals surface area contributed by atoms with Crippen molar-refractivity contribution in [2.24, 2.45) is 0 Å². The van der Waals surface area contributed by atoms with Gasteiger partial charge in [-0.1, -0.05) is 0 Å². The fourth-order valence-corrected chi connectivity index (χ4v) is 2.54. The zero-order valence-electron chi connectivity index (χ0n) is 9.25. The summed E-state index contributed by atoms with van der Waals surface area (Å²) in [6, 6.07) is 1.86. The summed E-state index contributed by atoms with van der Waals surface area (Å²) in [5, 5.41) is -0.474. The number of hydrogen-bond donors (Lipinski definition) is 0. The van der Waals surface area contributed by atoms with E-state index in [1.807, 2.05) is 13.0 Å². The topological polar surface area (TPSA) is 39.1 Å². The van der Waals surface area contributed by atoms with Crippen LogP contribution in [0.25, 0.3) is 0 Å². The molecule has 1 aromatic heterocycles. The zero-order chi connectivity index (χ0) is 11.7. The van der Waals surface area contributed by atoms with Crippen LogP contribution in [0.2, 0.25) is 0 Å². The highest BCUT2D eigenvalue weighted by Gasteiger charge is 2.18. The third-order valence-electron chi connectivity index (χ3n) is 3.07. The Balaban J connectivity index is 2.56. The van der Waals surface area contributed by atoms with Gasteiger partial charge in [0.25, 0.3) is 5.56 Å². The van der Waals surface area contributed by atoms with E-state index < -0.39 is 5.24 Å². The maximum absolute atomic E-state index is 12.0. The molecule has 0 spiro atoms. The van der Waals surface area contributed by atoms with E-state index in [1.54, 1.807) is 4.57 Å². The molecule has 0 bridgehead atoms. The summed E-state index contributed by atoms with van der Waals surface area (Å²) in [6.45, 7) is 2.61. The molecule has 1 heterocycles. The van der Waals surface area contributed by atoms with Crippen molar-refractivity contribution in [3.8, 4) is 0 Å². The smallest absolute Gasteiger partial charge is 0.254 e. The third-order valence-corrected chi connectivity index (χ3v) is 3.20. The van der Waals surface area contributed by atoms with E-state index in [4.69, 9.17) is 11.6 Å². The Morgan fingerprint density at radius 1 is 1.50 bits per heavy atom. The second-order valence-electron chi connectivity index (χ2n) is 4.08. The summed E-state index contributed by atoms with van der Waals surface area (Å²) in [5.74, 6) is 0. The molecule has 0 amide bonds. The van der Waals surface area contributed by atoms with Crippen molar-refractivity contribution in [1.29, 1.82) is 0 Å². The van der Waals surface area contributed by atoms with Crippen molar-refractivity contribution in [3.05, 3.63) is 33.2 Å². The van der Waals surface area contributed by atoms with Crippen molar-refractivity contribution in [2.75, 3.05) is 0 Å². The molecular formula is C12H14ClNO2. The lowest BCUT2D eigenvalue weighted by Crippen LogP contribution is -2.27. The molecular weight excluding hydrogens is 226 g/mol. The molecule has 0 aliphatic heterocycles. The second-order valence-corrected chi connectivity index (χ2v) is 4.50. The quantitative estimate of drug-likeness (QED) is 0.753. The monoisotopic (exact) mass is 239 g/mol. The molecule has 0 unspecified atom stereocenters. The molecule has 0 radical (unpaired) electrons. The Kier molecular flexibility index (Phi) is 3.15. The van der Waals surface area contributed by atoms with Crippen molar-refractivity contribution < 1.29 is 4.79 Å². The number of carbonyl (C=O) groups is 1.